The predicted octanol–water partition coefficient (Wildman–Crippen LogP) is 3.01. The lowest BCUT2D eigenvalue weighted by molar-refractivity contribution is -0.144. The van der Waals surface area contributed by atoms with Crippen molar-refractivity contribution >= 4 is 18.0 Å². The zero-order valence-electron chi connectivity index (χ0n) is 16.7. The van der Waals surface area contributed by atoms with Crippen molar-refractivity contribution in [3.63, 3.8) is 0 Å². The number of benzene rings is 2. The van der Waals surface area contributed by atoms with Crippen LogP contribution in [0.25, 0.3) is 11.1 Å². The second-order valence-corrected chi connectivity index (χ2v) is 7.09. The quantitative estimate of drug-likeness (QED) is 0.655. The largest absolute Gasteiger partial charge is 0.480 e. The molecule has 1 aliphatic rings. The summed E-state index contributed by atoms with van der Waals surface area (Å²) in [4.78, 5) is 36.8. The van der Waals surface area contributed by atoms with Gasteiger partial charge in [0.15, 0.2) is 0 Å². The molecule has 2 aromatic carbocycles. The fourth-order valence-electron chi connectivity index (χ4n) is 3.70. The van der Waals surface area contributed by atoms with Crippen LogP contribution in [0.15, 0.2) is 61.2 Å². The van der Waals surface area contributed by atoms with Crippen LogP contribution in [-0.2, 0) is 14.3 Å². The normalized spacial score (nSPS) is 13.0. The maximum Gasteiger partial charge on any atom is 0.407 e. The number of fused-ring (bicyclic) bond motifs is 3. The molecule has 3 rings (SSSR count). The first-order chi connectivity index (χ1) is 14.4. The maximum absolute atomic E-state index is 12.4. The summed E-state index contributed by atoms with van der Waals surface area (Å²) in [5.74, 6) is -1.75. The number of carbonyl (C=O) groups excluding carboxylic acids is 2. The molecule has 0 saturated carbocycles. The Labute approximate surface area is 175 Å². The number of ether oxygens (including phenoxy) is 1. The summed E-state index contributed by atoms with van der Waals surface area (Å²) in [7, 11) is 0. The molecule has 0 unspecified atom stereocenters. The van der Waals surface area contributed by atoms with Gasteiger partial charge >= 0.3 is 12.1 Å². The first-order valence-corrected chi connectivity index (χ1v) is 9.65. The van der Waals surface area contributed by atoms with Gasteiger partial charge in [0.1, 0.15) is 19.2 Å². The molecule has 7 nitrogen and oxygen atoms in total. The number of amides is 2. The maximum atomic E-state index is 12.4. The van der Waals surface area contributed by atoms with Gasteiger partial charge in [-0.3, -0.25) is 9.59 Å². The molecular weight excluding hydrogens is 384 g/mol. The van der Waals surface area contributed by atoms with Gasteiger partial charge in [0.05, 0.1) is 0 Å². The van der Waals surface area contributed by atoms with Crippen LogP contribution in [0.1, 0.15) is 24.0 Å². The number of alkyl carbamates (subject to hydrolysis) is 1. The van der Waals surface area contributed by atoms with Gasteiger partial charge in [-0.15, -0.1) is 6.58 Å². The highest BCUT2D eigenvalue weighted by Gasteiger charge is 2.29. The third-order valence-electron chi connectivity index (χ3n) is 5.04. The minimum absolute atomic E-state index is 0.0713. The summed E-state index contributed by atoms with van der Waals surface area (Å²) in [6, 6.07) is 15.1. The van der Waals surface area contributed by atoms with Crippen molar-refractivity contribution in [1.82, 2.24) is 10.2 Å². The predicted molar refractivity (Wildman–Crippen MR) is 112 cm³/mol. The van der Waals surface area contributed by atoms with Crippen molar-refractivity contribution in [1.29, 1.82) is 0 Å². The van der Waals surface area contributed by atoms with Gasteiger partial charge < -0.3 is 20.1 Å². The molecule has 0 radical (unpaired) electrons. The Morgan fingerprint density at radius 1 is 1.13 bits per heavy atom. The zero-order valence-corrected chi connectivity index (χ0v) is 16.7. The number of nitrogens with zero attached hydrogens (tertiary/aromatic N) is 1. The van der Waals surface area contributed by atoms with E-state index < -0.39 is 30.6 Å². The molecule has 0 heterocycles. The molecule has 2 aromatic rings. The summed E-state index contributed by atoms with van der Waals surface area (Å²) in [6.07, 6.45) is 0.701. The zero-order chi connectivity index (χ0) is 21.7. The number of carboxylic acid groups (broad SMARTS) is 1. The van der Waals surface area contributed by atoms with E-state index in [1.807, 2.05) is 48.5 Å². The molecule has 30 heavy (non-hydrogen) atoms. The summed E-state index contributed by atoms with van der Waals surface area (Å²) in [6.45, 7) is 4.74. The van der Waals surface area contributed by atoms with E-state index in [4.69, 9.17) is 9.84 Å². The molecule has 2 N–H and O–H groups in total. The molecule has 2 amide bonds. The van der Waals surface area contributed by atoms with Gasteiger partial charge in [-0.25, -0.2) is 4.79 Å². The number of carboxylic acids is 1. The number of hydrogen-bond acceptors (Lipinski definition) is 4. The molecule has 1 aliphatic carbocycles. The van der Waals surface area contributed by atoms with Gasteiger partial charge in [-0.05, 0) is 29.2 Å². The van der Waals surface area contributed by atoms with Crippen LogP contribution >= 0.6 is 0 Å². The van der Waals surface area contributed by atoms with Crippen LogP contribution in [-0.4, -0.2) is 53.7 Å². The minimum atomic E-state index is -1.14. The third-order valence-corrected chi connectivity index (χ3v) is 5.04. The monoisotopic (exact) mass is 408 g/mol. The highest BCUT2D eigenvalue weighted by molar-refractivity contribution is 5.88. The van der Waals surface area contributed by atoms with Gasteiger partial charge in [0.2, 0.25) is 5.91 Å². The van der Waals surface area contributed by atoms with Crippen LogP contribution < -0.4 is 5.32 Å². The first kappa shape index (κ1) is 21.1. The summed E-state index contributed by atoms with van der Waals surface area (Å²) in [5, 5.41) is 11.4. The Balaban J connectivity index is 1.63. The van der Waals surface area contributed by atoms with Crippen LogP contribution in [0.3, 0.4) is 0 Å². The van der Waals surface area contributed by atoms with Crippen LogP contribution in [0.2, 0.25) is 0 Å². The lowest BCUT2D eigenvalue weighted by Gasteiger charge is -2.23. The van der Waals surface area contributed by atoms with Crippen molar-refractivity contribution in [3.8, 4) is 11.1 Å². The minimum Gasteiger partial charge on any atom is -0.480 e. The van der Waals surface area contributed by atoms with Gasteiger partial charge in [0.25, 0.3) is 0 Å². The fourth-order valence-corrected chi connectivity index (χ4v) is 3.70. The number of hydrogen-bond donors (Lipinski definition) is 2. The van der Waals surface area contributed by atoms with Gasteiger partial charge in [-0.1, -0.05) is 54.6 Å². The molecule has 156 valence electrons. The number of rotatable bonds is 8. The highest BCUT2D eigenvalue weighted by Crippen LogP contribution is 2.44. The summed E-state index contributed by atoms with van der Waals surface area (Å²) in [5.41, 5.74) is 4.43. The van der Waals surface area contributed by atoms with E-state index in [-0.39, 0.29) is 19.1 Å². The van der Waals surface area contributed by atoms with E-state index >= 15 is 0 Å². The van der Waals surface area contributed by atoms with Crippen molar-refractivity contribution in [2.24, 2.45) is 0 Å². The Hall–Kier alpha value is -3.61. The van der Waals surface area contributed by atoms with E-state index in [2.05, 4.69) is 11.9 Å². The van der Waals surface area contributed by atoms with E-state index in [0.29, 0.717) is 0 Å². The smallest absolute Gasteiger partial charge is 0.407 e. The average Bonchev–Trinajstić information content (AvgIpc) is 3.05. The Morgan fingerprint density at radius 2 is 1.70 bits per heavy atom. The molecule has 7 heteroatoms. The Bertz CT molecular complexity index is 926. The molecule has 0 saturated heterocycles. The van der Waals surface area contributed by atoms with Gasteiger partial charge in [0, 0.05) is 12.5 Å². The second kappa shape index (κ2) is 9.26. The highest BCUT2D eigenvalue weighted by atomic mass is 16.5. The molecule has 1 atom stereocenters. The second-order valence-electron chi connectivity index (χ2n) is 7.09. The van der Waals surface area contributed by atoms with E-state index in [1.54, 1.807) is 0 Å². The Kier molecular flexibility index (Phi) is 6.51. The van der Waals surface area contributed by atoms with Crippen molar-refractivity contribution in [2.45, 2.75) is 18.9 Å². The van der Waals surface area contributed by atoms with Crippen LogP contribution in [0.5, 0.6) is 0 Å². The van der Waals surface area contributed by atoms with E-state index in [9.17, 15) is 14.4 Å². The third kappa shape index (κ3) is 4.51. The number of aliphatic carboxylic acids is 1. The molecule has 0 spiro atoms. The van der Waals surface area contributed by atoms with Crippen LogP contribution in [0, 0.1) is 0 Å². The fraction of sp³-hybridized carbons (Fsp3) is 0.261. The summed E-state index contributed by atoms with van der Waals surface area (Å²) >= 11 is 0. The van der Waals surface area contributed by atoms with Crippen LogP contribution in [0.4, 0.5) is 4.79 Å². The molecule has 0 bridgehead atoms. The van der Waals surface area contributed by atoms with Crippen molar-refractivity contribution < 1.29 is 24.2 Å². The SMILES string of the molecule is C=CCN(CC(=O)O)C(=O)[C@H](C)NC(=O)OCC1c2ccccc2-c2ccccc21. The molecule has 0 fully saturated rings. The first-order valence-electron chi connectivity index (χ1n) is 9.65. The van der Waals surface area contributed by atoms with E-state index in [0.717, 1.165) is 27.2 Å². The molecule has 0 aliphatic heterocycles. The number of carbonyl (C=O) groups is 3. The molecular formula is C23H24N2O5. The standard InChI is InChI=1S/C23H24N2O5/c1-3-12-25(13-21(26)27)22(28)15(2)24-23(29)30-14-20-18-10-6-4-8-16(18)17-9-5-7-11-19(17)20/h3-11,15,20H,1,12-14H2,2H3,(H,24,29)(H,26,27)/t15-/m0/s1. The molecule has 0 aromatic heterocycles. The topological polar surface area (TPSA) is 95.9 Å². The van der Waals surface area contributed by atoms with Gasteiger partial charge in [-0.2, -0.15) is 0 Å². The van der Waals surface area contributed by atoms with Crippen molar-refractivity contribution in [3.05, 3.63) is 72.3 Å². The summed E-state index contributed by atoms with van der Waals surface area (Å²) < 4.78 is 5.42. The lowest BCUT2D eigenvalue weighted by atomic mass is 9.98. The van der Waals surface area contributed by atoms with E-state index in [1.165, 1.54) is 13.0 Å². The average molecular weight is 408 g/mol. The van der Waals surface area contributed by atoms with Crippen molar-refractivity contribution in [2.75, 3.05) is 19.7 Å². The number of nitrogens with one attached hydrogen (secondary N) is 1. The lowest BCUT2D eigenvalue weighted by Crippen LogP contribution is -2.48. The Morgan fingerprint density at radius 3 is 2.23 bits per heavy atom.